The summed E-state index contributed by atoms with van der Waals surface area (Å²) in [5.41, 5.74) is 2.85. The van der Waals surface area contributed by atoms with E-state index in [-0.39, 0.29) is 24.4 Å². The molecule has 0 N–H and O–H groups in total. The van der Waals surface area contributed by atoms with Crippen molar-refractivity contribution in [2.45, 2.75) is 51.7 Å². The molecule has 0 spiro atoms. The maximum absolute atomic E-state index is 13.5. The summed E-state index contributed by atoms with van der Waals surface area (Å²) in [6.45, 7) is 4.04. The number of hydrogen-bond acceptors (Lipinski definition) is 2. The van der Waals surface area contributed by atoms with Gasteiger partial charge in [0.15, 0.2) is 0 Å². The van der Waals surface area contributed by atoms with Gasteiger partial charge in [-0.2, -0.15) is 0 Å². The molecule has 1 saturated carbocycles. The fourth-order valence-electron chi connectivity index (χ4n) is 4.17. The second-order valence-corrected chi connectivity index (χ2v) is 9.39. The number of carbonyl (C=O) groups excluding carboxylic acids is 2. The number of rotatable bonds is 11. The first-order chi connectivity index (χ1) is 16.5. The lowest BCUT2D eigenvalue weighted by Crippen LogP contribution is -2.44. The molecule has 6 heteroatoms. The molecule has 34 heavy (non-hydrogen) atoms. The van der Waals surface area contributed by atoms with Crippen LogP contribution in [0, 0.1) is 0 Å². The molecule has 0 atom stereocenters. The van der Waals surface area contributed by atoms with Gasteiger partial charge < -0.3 is 14.4 Å². The third-order valence-electron chi connectivity index (χ3n) is 6.23. The van der Waals surface area contributed by atoms with Crippen LogP contribution in [-0.4, -0.2) is 45.3 Å². The molecule has 1 aliphatic rings. The standard InChI is InChI=1S/C28H32ClN3O2/c1-2-3-16-31(28(34)23-11-7-12-24(29)18-23)21-27(33)32(25-14-15-25)20-26-13-8-17-30(26)19-22-9-5-4-6-10-22/h4-13,17-18,25H,2-3,14-16,19-21H2,1H3. The van der Waals surface area contributed by atoms with E-state index >= 15 is 0 Å². The minimum Gasteiger partial charge on any atom is -0.345 e. The summed E-state index contributed by atoms with van der Waals surface area (Å²) in [6.07, 6.45) is 5.90. The number of benzene rings is 2. The lowest BCUT2D eigenvalue weighted by atomic mass is 10.2. The minimum absolute atomic E-state index is 0.00134. The van der Waals surface area contributed by atoms with Crippen LogP contribution < -0.4 is 0 Å². The van der Waals surface area contributed by atoms with Gasteiger partial charge in [0.2, 0.25) is 5.91 Å². The zero-order valence-corrected chi connectivity index (χ0v) is 20.5. The third-order valence-corrected chi connectivity index (χ3v) is 6.46. The average Bonchev–Trinajstić information content (AvgIpc) is 3.60. The molecule has 5 nitrogen and oxygen atoms in total. The van der Waals surface area contributed by atoms with Crippen molar-refractivity contribution in [3.8, 4) is 0 Å². The Balaban J connectivity index is 1.48. The van der Waals surface area contributed by atoms with E-state index in [4.69, 9.17) is 11.6 Å². The Kier molecular flexibility index (Phi) is 8.07. The van der Waals surface area contributed by atoms with Crippen molar-refractivity contribution in [3.05, 3.63) is 94.8 Å². The molecule has 3 aromatic rings. The van der Waals surface area contributed by atoms with E-state index in [0.717, 1.165) is 37.9 Å². The molecule has 2 amide bonds. The topological polar surface area (TPSA) is 45.6 Å². The predicted octanol–water partition coefficient (Wildman–Crippen LogP) is 5.62. The van der Waals surface area contributed by atoms with Crippen molar-refractivity contribution in [2.75, 3.05) is 13.1 Å². The van der Waals surface area contributed by atoms with Crippen LogP contribution in [0.1, 0.15) is 54.2 Å². The van der Waals surface area contributed by atoms with Gasteiger partial charge in [-0.15, -0.1) is 0 Å². The van der Waals surface area contributed by atoms with Gasteiger partial charge in [0.1, 0.15) is 6.54 Å². The van der Waals surface area contributed by atoms with Crippen molar-refractivity contribution >= 4 is 23.4 Å². The molecule has 0 unspecified atom stereocenters. The molecule has 4 rings (SSSR count). The van der Waals surface area contributed by atoms with E-state index in [2.05, 4.69) is 35.9 Å². The van der Waals surface area contributed by atoms with E-state index in [9.17, 15) is 9.59 Å². The normalized spacial score (nSPS) is 13.0. The fraction of sp³-hybridized carbons (Fsp3) is 0.357. The summed E-state index contributed by atoms with van der Waals surface area (Å²) >= 11 is 6.11. The second-order valence-electron chi connectivity index (χ2n) is 8.96. The van der Waals surface area contributed by atoms with E-state index in [1.165, 1.54) is 5.56 Å². The van der Waals surface area contributed by atoms with Gasteiger partial charge in [-0.3, -0.25) is 9.59 Å². The lowest BCUT2D eigenvalue weighted by Gasteiger charge is -2.28. The van der Waals surface area contributed by atoms with Crippen molar-refractivity contribution in [2.24, 2.45) is 0 Å². The summed E-state index contributed by atoms with van der Waals surface area (Å²) in [5.74, 6) is -0.144. The number of nitrogens with zero attached hydrogens (tertiary/aromatic N) is 3. The Morgan fingerprint density at radius 2 is 1.82 bits per heavy atom. The Morgan fingerprint density at radius 1 is 1.03 bits per heavy atom. The number of hydrogen-bond donors (Lipinski definition) is 0. The molecule has 0 radical (unpaired) electrons. The van der Waals surface area contributed by atoms with Gasteiger partial charge in [-0.25, -0.2) is 0 Å². The summed E-state index contributed by atoms with van der Waals surface area (Å²) < 4.78 is 2.20. The van der Waals surface area contributed by atoms with Crippen molar-refractivity contribution in [1.29, 1.82) is 0 Å². The molecule has 1 heterocycles. The molecule has 1 aliphatic carbocycles. The maximum atomic E-state index is 13.5. The van der Waals surface area contributed by atoms with Crippen molar-refractivity contribution < 1.29 is 9.59 Å². The van der Waals surface area contributed by atoms with Gasteiger partial charge >= 0.3 is 0 Å². The monoisotopic (exact) mass is 477 g/mol. The highest BCUT2D eigenvalue weighted by atomic mass is 35.5. The predicted molar refractivity (Wildman–Crippen MR) is 136 cm³/mol. The van der Waals surface area contributed by atoms with Gasteiger partial charge in [0.25, 0.3) is 5.91 Å². The summed E-state index contributed by atoms with van der Waals surface area (Å²) in [4.78, 5) is 30.3. The quantitative estimate of drug-likeness (QED) is 0.359. The molecule has 0 bridgehead atoms. The number of halogens is 1. The van der Waals surface area contributed by atoms with Gasteiger partial charge in [0, 0.05) is 41.6 Å². The van der Waals surface area contributed by atoms with Crippen molar-refractivity contribution in [1.82, 2.24) is 14.4 Å². The smallest absolute Gasteiger partial charge is 0.254 e. The van der Waals surface area contributed by atoms with E-state index < -0.39 is 0 Å². The molecular formula is C28H32ClN3O2. The van der Waals surface area contributed by atoms with Crippen LogP contribution in [0.2, 0.25) is 5.02 Å². The van der Waals surface area contributed by atoms with Crippen LogP contribution in [0.3, 0.4) is 0 Å². The molecule has 2 aromatic carbocycles. The molecule has 178 valence electrons. The van der Waals surface area contributed by atoms with E-state index in [1.54, 1.807) is 29.2 Å². The van der Waals surface area contributed by atoms with Gasteiger partial charge in [0.05, 0.1) is 6.54 Å². The highest BCUT2D eigenvalue weighted by Gasteiger charge is 2.34. The number of aromatic nitrogens is 1. The average molecular weight is 478 g/mol. The van der Waals surface area contributed by atoms with Crippen LogP contribution >= 0.6 is 11.6 Å². The lowest BCUT2D eigenvalue weighted by molar-refractivity contribution is -0.133. The Labute approximate surface area is 206 Å². The Morgan fingerprint density at radius 3 is 2.53 bits per heavy atom. The number of unbranched alkanes of at least 4 members (excludes halogenated alkanes) is 1. The first-order valence-electron chi connectivity index (χ1n) is 12.1. The number of amides is 2. The summed E-state index contributed by atoms with van der Waals surface area (Å²) in [7, 11) is 0. The zero-order valence-electron chi connectivity index (χ0n) is 19.7. The largest absolute Gasteiger partial charge is 0.345 e. The van der Waals surface area contributed by atoms with E-state index in [0.29, 0.717) is 23.7 Å². The fourth-order valence-corrected chi connectivity index (χ4v) is 4.36. The summed E-state index contributed by atoms with van der Waals surface area (Å²) in [5, 5.41) is 0.520. The van der Waals surface area contributed by atoms with Crippen LogP contribution in [0.25, 0.3) is 0 Å². The molecule has 0 saturated heterocycles. The first kappa shape index (κ1) is 24.1. The van der Waals surface area contributed by atoms with Crippen LogP contribution in [-0.2, 0) is 17.9 Å². The second kappa shape index (κ2) is 11.4. The summed E-state index contributed by atoms with van der Waals surface area (Å²) in [6, 6.07) is 21.6. The highest BCUT2D eigenvalue weighted by Crippen LogP contribution is 2.29. The SMILES string of the molecule is CCCCN(CC(=O)N(Cc1cccn1Cc1ccccc1)C1CC1)C(=O)c1cccc(Cl)c1. The minimum atomic E-state index is -0.146. The molecular weight excluding hydrogens is 446 g/mol. The Bertz CT molecular complexity index is 1110. The van der Waals surface area contributed by atoms with Crippen LogP contribution in [0.5, 0.6) is 0 Å². The third kappa shape index (κ3) is 6.29. The zero-order chi connectivity index (χ0) is 23.9. The molecule has 1 fully saturated rings. The number of carbonyl (C=O) groups is 2. The van der Waals surface area contributed by atoms with E-state index in [1.807, 2.05) is 29.2 Å². The Hall–Kier alpha value is -3.05. The maximum Gasteiger partial charge on any atom is 0.254 e. The first-order valence-corrected chi connectivity index (χ1v) is 12.4. The van der Waals surface area contributed by atoms with Crippen LogP contribution in [0.15, 0.2) is 72.9 Å². The molecule has 0 aliphatic heterocycles. The van der Waals surface area contributed by atoms with Crippen molar-refractivity contribution in [3.63, 3.8) is 0 Å². The van der Waals surface area contributed by atoms with Gasteiger partial charge in [-0.1, -0.05) is 61.3 Å². The van der Waals surface area contributed by atoms with Gasteiger partial charge in [-0.05, 0) is 55.2 Å². The molecule has 1 aromatic heterocycles. The van der Waals surface area contributed by atoms with Crippen LogP contribution in [0.4, 0.5) is 0 Å². The highest BCUT2D eigenvalue weighted by molar-refractivity contribution is 6.31.